The van der Waals surface area contributed by atoms with Gasteiger partial charge in [0, 0.05) is 49.7 Å². The fourth-order valence-electron chi connectivity index (χ4n) is 2.96. The van der Waals surface area contributed by atoms with Gasteiger partial charge < -0.3 is 20.3 Å². The quantitative estimate of drug-likeness (QED) is 0.624. The Morgan fingerprint density at radius 1 is 1.10 bits per heavy atom. The molecule has 7 nitrogen and oxygen atoms in total. The lowest BCUT2D eigenvalue weighted by Crippen LogP contribution is -2.17. The van der Waals surface area contributed by atoms with Crippen molar-refractivity contribution in [3.05, 3.63) is 59.8 Å². The lowest BCUT2D eigenvalue weighted by Gasteiger charge is -2.16. The number of aromatic nitrogens is 1. The van der Waals surface area contributed by atoms with E-state index in [9.17, 15) is 9.59 Å². The number of carbonyl (C=O) groups is 2. The van der Waals surface area contributed by atoms with Crippen LogP contribution in [0.3, 0.4) is 0 Å². The van der Waals surface area contributed by atoms with Gasteiger partial charge in [-0.2, -0.15) is 0 Å². The summed E-state index contributed by atoms with van der Waals surface area (Å²) >= 11 is 0. The van der Waals surface area contributed by atoms with Gasteiger partial charge in [-0.05, 0) is 49.4 Å². The minimum Gasteiger partial charge on any atom is -0.462 e. The fraction of sp³-hybridized carbons (Fsp3) is 0.227. The zero-order valence-corrected chi connectivity index (χ0v) is 16.9. The summed E-state index contributed by atoms with van der Waals surface area (Å²) in [7, 11) is 5.52. The maximum absolute atomic E-state index is 12.5. The smallest absolute Gasteiger partial charge is 0.341 e. The summed E-state index contributed by atoms with van der Waals surface area (Å²) in [5.74, 6) is -0.686. The Hall–Kier alpha value is -3.61. The number of benzene rings is 2. The van der Waals surface area contributed by atoms with Gasteiger partial charge in [0.2, 0.25) is 0 Å². The van der Waals surface area contributed by atoms with Gasteiger partial charge in [0.05, 0.1) is 17.8 Å². The first-order chi connectivity index (χ1) is 13.9. The molecule has 3 rings (SSSR count). The summed E-state index contributed by atoms with van der Waals surface area (Å²) < 4.78 is 5.20. The lowest BCUT2D eigenvalue weighted by molar-refractivity contribution is 0.0527. The zero-order valence-electron chi connectivity index (χ0n) is 16.9. The summed E-state index contributed by atoms with van der Waals surface area (Å²) in [6.07, 6.45) is 1.50. The van der Waals surface area contributed by atoms with Gasteiger partial charge in [-0.15, -0.1) is 0 Å². The van der Waals surface area contributed by atoms with E-state index in [0.29, 0.717) is 27.7 Å². The Bertz CT molecular complexity index is 1050. The Kier molecular flexibility index (Phi) is 5.97. The molecule has 0 fully saturated rings. The summed E-state index contributed by atoms with van der Waals surface area (Å²) in [5, 5.41) is 6.59. The van der Waals surface area contributed by atoms with Gasteiger partial charge in [0.15, 0.2) is 0 Å². The van der Waals surface area contributed by atoms with Gasteiger partial charge >= 0.3 is 5.97 Å². The molecule has 0 bridgehead atoms. The zero-order chi connectivity index (χ0) is 21.0. The van der Waals surface area contributed by atoms with Crippen LogP contribution in [0.15, 0.2) is 48.7 Å². The summed E-state index contributed by atoms with van der Waals surface area (Å²) in [5.41, 5.74) is 3.87. The molecule has 2 aromatic carbocycles. The highest BCUT2D eigenvalue weighted by Crippen LogP contribution is 2.31. The van der Waals surface area contributed by atoms with E-state index in [2.05, 4.69) is 15.6 Å². The highest BCUT2D eigenvalue weighted by atomic mass is 16.5. The minimum atomic E-state index is -0.473. The third-order valence-corrected chi connectivity index (χ3v) is 4.51. The monoisotopic (exact) mass is 392 g/mol. The molecule has 2 N–H and O–H groups in total. The van der Waals surface area contributed by atoms with Crippen LogP contribution in [0.4, 0.5) is 17.1 Å². The number of rotatable bonds is 6. The number of carbonyl (C=O) groups excluding carboxylic acids is 2. The number of pyridine rings is 1. The SMILES string of the molecule is CCOC(=O)c1cnc2ccc(C(=O)NC)cc2c1Nc1ccc(N(C)C)cc1. The second-order valence-corrected chi connectivity index (χ2v) is 6.64. The molecule has 0 spiro atoms. The van der Waals surface area contributed by atoms with E-state index in [1.54, 1.807) is 32.2 Å². The second-order valence-electron chi connectivity index (χ2n) is 6.64. The molecule has 0 radical (unpaired) electrons. The van der Waals surface area contributed by atoms with E-state index < -0.39 is 5.97 Å². The molecule has 1 aromatic heterocycles. The highest BCUT2D eigenvalue weighted by molar-refractivity contribution is 6.08. The Balaban J connectivity index is 2.14. The van der Waals surface area contributed by atoms with Crippen molar-refractivity contribution in [3.8, 4) is 0 Å². The molecule has 0 aliphatic rings. The molecule has 150 valence electrons. The predicted molar refractivity (Wildman–Crippen MR) is 115 cm³/mol. The van der Waals surface area contributed by atoms with Crippen LogP contribution in [0, 0.1) is 0 Å². The van der Waals surface area contributed by atoms with E-state index in [1.165, 1.54) is 6.20 Å². The first-order valence-corrected chi connectivity index (χ1v) is 9.31. The number of nitrogens with zero attached hydrogens (tertiary/aromatic N) is 2. The number of hydrogen-bond acceptors (Lipinski definition) is 6. The van der Waals surface area contributed by atoms with Gasteiger partial charge in [-0.25, -0.2) is 4.79 Å². The third-order valence-electron chi connectivity index (χ3n) is 4.51. The molecule has 1 heterocycles. The van der Waals surface area contributed by atoms with Crippen molar-refractivity contribution < 1.29 is 14.3 Å². The van der Waals surface area contributed by atoms with Crippen molar-refractivity contribution in [2.24, 2.45) is 0 Å². The summed E-state index contributed by atoms with van der Waals surface area (Å²) in [6.45, 7) is 2.01. The molecule has 29 heavy (non-hydrogen) atoms. The van der Waals surface area contributed by atoms with Gasteiger partial charge in [-0.1, -0.05) is 0 Å². The molecule has 3 aromatic rings. The van der Waals surface area contributed by atoms with E-state index in [0.717, 1.165) is 11.4 Å². The largest absolute Gasteiger partial charge is 0.462 e. The van der Waals surface area contributed by atoms with Crippen LogP contribution >= 0.6 is 0 Å². The van der Waals surface area contributed by atoms with Crippen molar-refractivity contribution >= 4 is 39.8 Å². The molecule has 0 saturated heterocycles. The number of amides is 1. The molecule has 1 amide bonds. The molecule has 0 aliphatic heterocycles. The number of nitrogens with one attached hydrogen (secondary N) is 2. The number of fused-ring (bicyclic) bond motifs is 1. The normalized spacial score (nSPS) is 10.5. The molecular formula is C22H24N4O3. The van der Waals surface area contributed by atoms with Crippen LogP contribution in [0.5, 0.6) is 0 Å². The molecular weight excluding hydrogens is 368 g/mol. The molecule has 0 aliphatic carbocycles. The van der Waals surface area contributed by atoms with Gasteiger partial charge in [0.25, 0.3) is 5.91 Å². The van der Waals surface area contributed by atoms with Crippen molar-refractivity contribution in [1.29, 1.82) is 0 Å². The summed E-state index contributed by atoms with van der Waals surface area (Å²) in [6, 6.07) is 13.0. The fourth-order valence-corrected chi connectivity index (χ4v) is 2.96. The van der Waals surface area contributed by atoms with Crippen LogP contribution in [0.2, 0.25) is 0 Å². The number of ether oxygens (including phenoxy) is 1. The van der Waals surface area contributed by atoms with Crippen LogP contribution < -0.4 is 15.5 Å². The van der Waals surface area contributed by atoms with Crippen LogP contribution in [-0.4, -0.2) is 44.6 Å². The Morgan fingerprint density at radius 2 is 1.83 bits per heavy atom. The van der Waals surface area contributed by atoms with Gasteiger partial charge in [0.1, 0.15) is 5.56 Å². The highest BCUT2D eigenvalue weighted by Gasteiger charge is 2.18. The second kappa shape index (κ2) is 8.60. The van der Waals surface area contributed by atoms with E-state index >= 15 is 0 Å². The third kappa shape index (κ3) is 4.29. The molecule has 0 unspecified atom stereocenters. The minimum absolute atomic E-state index is 0.213. The molecule has 0 saturated carbocycles. The van der Waals surface area contributed by atoms with Crippen LogP contribution in [-0.2, 0) is 4.74 Å². The summed E-state index contributed by atoms with van der Waals surface area (Å²) in [4.78, 5) is 31.0. The van der Waals surface area contributed by atoms with Crippen molar-refractivity contribution in [2.75, 3.05) is 38.0 Å². The standard InChI is InChI=1S/C22H24N4O3/c1-5-29-22(28)18-13-24-19-11-6-14(21(27)23-2)12-17(19)20(18)25-15-7-9-16(10-8-15)26(3)4/h6-13H,5H2,1-4H3,(H,23,27)(H,24,25). The topological polar surface area (TPSA) is 83.6 Å². The van der Waals surface area contributed by atoms with Crippen LogP contribution in [0.1, 0.15) is 27.6 Å². The first-order valence-electron chi connectivity index (χ1n) is 9.31. The van der Waals surface area contributed by atoms with Gasteiger partial charge in [-0.3, -0.25) is 9.78 Å². The first kappa shape index (κ1) is 20.1. The maximum atomic E-state index is 12.5. The van der Waals surface area contributed by atoms with Crippen molar-refractivity contribution in [2.45, 2.75) is 6.92 Å². The maximum Gasteiger partial charge on any atom is 0.341 e. The van der Waals surface area contributed by atoms with E-state index in [-0.39, 0.29) is 12.5 Å². The van der Waals surface area contributed by atoms with E-state index in [4.69, 9.17) is 4.74 Å². The average molecular weight is 392 g/mol. The number of hydrogen-bond donors (Lipinski definition) is 2. The lowest BCUT2D eigenvalue weighted by atomic mass is 10.1. The number of anilines is 3. The van der Waals surface area contributed by atoms with Crippen molar-refractivity contribution in [1.82, 2.24) is 10.3 Å². The average Bonchev–Trinajstić information content (AvgIpc) is 2.73. The molecule has 0 atom stereocenters. The predicted octanol–water partition coefficient (Wildman–Crippen LogP) is 3.58. The Morgan fingerprint density at radius 3 is 2.45 bits per heavy atom. The molecule has 7 heteroatoms. The Labute approximate surface area is 169 Å². The number of esters is 1. The van der Waals surface area contributed by atoms with E-state index in [1.807, 2.05) is 43.3 Å². The van der Waals surface area contributed by atoms with Crippen molar-refractivity contribution in [3.63, 3.8) is 0 Å². The van der Waals surface area contributed by atoms with Crippen LogP contribution in [0.25, 0.3) is 10.9 Å².